The van der Waals surface area contributed by atoms with Gasteiger partial charge in [-0.25, -0.2) is 0 Å². The zero-order valence-electron chi connectivity index (χ0n) is 13.6. The number of anilines is 1. The van der Waals surface area contributed by atoms with Gasteiger partial charge in [-0.1, -0.05) is 31.5 Å². The van der Waals surface area contributed by atoms with Crippen LogP contribution in [0.4, 0.5) is 5.69 Å². The number of amides is 1. The van der Waals surface area contributed by atoms with E-state index in [1.54, 1.807) is 19.5 Å². The number of nitrogens with zero attached hydrogens (tertiary/aromatic N) is 1. The average Bonchev–Trinajstić information content (AvgIpc) is 2.60. The van der Waals surface area contributed by atoms with Crippen LogP contribution >= 0.6 is 0 Å². The number of benzene rings is 1. The standard InChI is InChI=1S/C18H23N3O2/c1-3-4-9-20-16-10-15(11-19-13-16)18(22)21-12-14-7-5-6-8-17(14)23-2/h5-8,10-11,13,20H,3-4,9,12H2,1-2H3,(H,21,22). The van der Waals surface area contributed by atoms with Gasteiger partial charge in [0.2, 0.25) is 0 Å². The maximum Gasteiger partial charge on any atom is 0.253 e. The molecule has 1 amide bonds. The summed E-state index contributed by atoms with van der Waals surface area (Å²) in [5.41, 5.74) is 2.35. The summed E-state index contributed by atoms with van der Waals surface area (Å²) in [6.45, 7) is 3.43. The van der Waals surface area contributed by atoms with E-state index < -0.39 is 0 Å². The molecule has 0 aliphatic rings. The largest absolute Gasteiger partial charge is 0.496 e. The van der Waals surface area contributed by atoms with Gasteiger partial charge < -0.3 is 15.4 Å². The van der Waals surface area contributed by atoms with Crippen LogP contribution in [0.25, 0.3) is 0 Å². The number of carbonyl (C=O) groups is 1. The predicted molar refractivity (Wildman–Crippen MR) is 91.8 cm³/mol. The summed E-state index contributed by atoms with van der Waals surface area (Å²) >= 11 is 0. The van der Waals surface area contributed by atoms with Crippen LogP contribution in [-0.4, -0.2) is 24.5 Å². The Morgan fingerprint density at radius 1 is 1.26 bits per heavy atom. The molecule has 2 aromatic rings. The third-order valence-electron chi connectivity index (χ3n) is 3.49. The third-order valence-corrected chi connectivity index (χ3v) is 3.49. The minimum atomic E-state index is -0.150. The summed E-state index contributed by atoms with van der Waals surface area (Å²) in [4.78, 5) is 16.4. The van der Waals surface area contributed by atoms with Gasteiger partial charge in [-0.3, -0.25) is 9.78 Å². The molecule has 0 bridgehead atoms. The van der Waals surface area contributed by atoms with E-state index in [1.165, 1.54) is 0 Å². The predicted octanol–water partition coefficient (Wildman–Crippen LogP) is 3.23. The highest BCUT2D eigenvalue weighted by Crippen LogP contribution is 2.17. The second-order valence-corrected chi connectivity index (χ2v) is 5.24. The number of pyridine rings is 1. The van der Waals surface area contributed by atoms with Crippen molar-refractivity contribution < 1.29 is 9.53 Å². The minimum absolute atomic E-state index is 0.150. The molecule has 5 heteroatoms. The molecule has 0 saturated carbocycles. The van der Waals surface area contributed by atoms with E-state index in [9.17, 15) is 4.79 Å². The number of hydrogen-bond donors (Lipinski definition) is 2. The fraction of sp³-hybridized carbons (Fsp3) is 0.333. The second kappa shape index (κ2) is 8.78. The van der Waals surface area contributed by atoms with Crippen molar-refractivity contribution in [3.8, 4) is 5.75 Å². The number of aromatic nitrogens is 1. The number of unbranched alkanes of at least 4 members (excludes halogenated alkanes) is 1. The molecule has 0 saturated heterocycles. The Hall–Kier alpha value is -2.56. The van der Waals surface area contributed by atoms with Gasteiger partial charge in [-0.2, -0.15) is 0 Å². The van der Waals surface area contributed by atoms with E-state index >= 15 is 0 Å². The van der Waals surface area contributed by atoms with Crippen molar-refractivity contribution in [2.45, 2.75) is 26.3 Å². The lowest BCUT2D eigenvalue weighted by Gasteiger charge is -2.10. The third kappa shape index (κ3) is 4.98. The van der Waals surface area contributed by atoms with Gasteiger partial charge in [-0.15, -0.1) is 0 Å². The number of methoxy groups -OCH3 is 1. The van der Waals surface area contributed by atoms with Crippen LogP contribution in [0.3, 0.4) is 0 Å². The van der Waals surface area contributed by atoms with Crippen LogP contribution < -0.4 is 15.4 Å². The first-order valence-electron chi connectivity index (χ1n) is 7.83. The Morgan fingerprint density at radius 2 is 2.09 bits per heavy atom. The molecule has 0 spiro atoms. The van der Waals surface area contributed by atoms with Crippen molar-refractivity contribution >= 4 is 11.6 Å². The summed E-state index contributed by atoms with van der Waals surface area (Å²) < 4.78 is 5.28. The molecular weight excluding hydrogens is 290 g/mol. The molecule has 0 atom stereocenters. The highest BCUT2D eigenvalue weighted by molar-refractivity contribution is 5.94. The molecule has 0 unspecified atom stereocenters. The van der Waals surface area contributed by atoms with Gasteiger partial charge >= 0.3 is 0 Å². The number of para-hydroxylation sites is 1. The molecule has 2 rings (SSSR count). The average molecular weight is 313 g/mol. The van der Waals surface area contributed by atoms with Crippen molar-refractivity contribution in [1.82, 2.24) is 10.3 Å². The SMILES string of the molecule is CCCCNc1cncc(C(=O)NCc2ccccc2OC)c1. The normalized spacial score (nSPS) is 10.2. The van der Waals surface area contributed by atoms with E-state index in [0.717, 1.165) is 36.4 Å². The molecule has 2 N–H and O–H groups in total. The first-order valence-corrected chi connectivity index (χ1v) is 7.83. The lowest BCUT2D eigenvalue weighted by molar-refractivity contribution is 0.0950. The van der Waals surface area contributed by atoms with Crippen LogP contribution in [0.5, 0.6) is 5.75 Å². The van der Waals surface area contributed by atoms with Crippen LogP contribution in [0.1, 0.15) is 35.7 Å². The number of rotatable bonds is 8. The minimum Gasteiger partial charge on any atom is -0.496 e. The Labute approximate surface area is 137 Å². The van der Waals surface area contributed by atoms with Crippen molar-refractivity contribution in [3.63, 3.8) is 0 Å². The fourth-order valence-corrected chi connectivity index (χ4v) is 2.20. The van der Waals surface area contributed by atoms with Crippen molar-refractivity contribution in [2.75, 3.05) is 19.0 Å². The highest BCUT2D eigenvalue weighted by Gasteiger charge is 2.08. The van der Waals surface area contributed by atoms with Crippen LogP contribution in [0.2, 0.25) is 0 Å². The second-order valence-electron chi connectivity index (χ2n) is 5.24. The van der Waals surface area contributed by atoms with Gasteiger partial charge in [0.05, 0.1) is 18.4 Å². The molecule has 1 aromatic heterocycles. The molecule has 0 aliphatic heterocycles. The topological polar surface area (TPSA) is 63.2 Å². The van der Waals surface area contributed by atoms with Gasteiger partial charge in [-0.05, 0) is 18.6 Å². The number of ether oxygens (including phenoxy) is 1. The van der Waals surface area contributed by atoms with Crippen molar-refractivity contribution in [2.24, 2.45) is 0 Å². The van der Waals surface area contributed by atoms with E-state index in [0.29, 0.717) is 12.1 Å². The van der Waals surface area contributed by atoms with Crippen LogP contribution in [0.15, 0.2) is 42.7 Å². The van der Waals surface area contributed by atoms with Crippen LogP contribution in [0, 0.1) is 0 Å². The Balaban J connectivity index is 1.96. The maximum atomic E-state index is 12.3. The van der Waals surface area contributed by atoms with Gasteiger partial charge in [0, 0.05) is 31.0 Å². The van der Waals surface area contributed by atoms with E-state index in [-0.39, 0.29) is 5.91 Å². The van der Waals surface area contributed by atoms with Gasteiger partial charge in [0.15, 0.2) is 0 Å². The Bertz CT molecular complexity index is 644. The molecule has 122 valence electrons. The smallest absolute Gasteiger partial charge is 0.253 e. The molecule has 1 heterocycles. The monoisotopic (exact) mass is 313 g/mol. The Morgan fingerprint density at radius 3 is 2.87 bits per heavy atom. The molecule has 1 aromatic carbocycles. The summed E-state index contributed by atoms with van der Waals surface area (Å²) in [7, 11) is 1.62. The first kappa shape index (κ1) is 16.8. The van der Waals surface area contributed by atoms with Crippen LogP contribution in [-0.2, 0) is 6.54 Å². The Kier molecular flexibility index (Phi) is 6.41. The molecular formula is C18H23N3O2. The summed E-state index contributed by atoms with van der Waals surface area (Å²) in [5.74, 6) is 0.614. The van der Waals surface area contributed by atoms with E-state index in [4.69, 9.17) is 4.74 Å². The lowest BCUT2D eigenvalue weighted by Crippen LogP contribution is -2.23. The number of carbonyl (C=O) groups excluding carboxylic acids is 1. The quantitative estimate of drug-likeness (QED) is 0.734. The number of hydrogen-bond acceptors (Lipinski definition) is 4. The van der Waals surface area contributed by atoms with Crippen molar-refractivity contribution in [1.29, 1.82) is 0 Å². The van der Waals surface area contributed by atoms with Gasteiger partial charge in [0.1, 0.15) is 5.75 Å². The first-order chi connectivity index (χ1) is 11.2. The molecule has 23 heavy (non-hydrogen) atoms. The summed E-state index contributed by atoms with van der Waals surface area (Å²) in [6.07, 6.45) is 5.51. The molecule has 0 aliphatic carbocycles. The molecule has 0 radical (unpaired) electrons. The van der Waals surface area contributed by atoms with Crippen molar-refractivity contribution in [3.05, 3.63) is 53.9 Å². The van der Waals surface area contributed by atoms with E-state index in [1.807, 2.05) is 30.3 Å². The highest BCUT2D eigenvalue weighted by atomic mass is 16.5. The van der Waals surface area contributed by atoms with Gasteiger partial charge in [0.25, 0.3) is 5.91 Å². The molecule has 5 nitrogen and oxygen atoms in total. The van der Waals surface area contributed by atoms with E-state index in [2.05, 4.69) is 22.5 Å². The maximum absolute atomic E-state index is 12.3. The zero-order chi connectivity index (χ0) is 16.5. The molecule has 0 fully saturated rings. The number of nitrogens with one attached hydrogen (secondary N) is 2. The summed E-state index contributed by atoms with van der Waals surface area (Å²) in [6, 6.07) is 9.45. The summed E-state index contributed by atoms with van der Waals surface area (Å²) in [5, 5.41) is 6.17. The fourth-order valence-electron chi connectivity index (χ4n) is 2.20. The zero-order valence-corrected chi connectivity index (χ0v) is 13.6. The lowest BCUT2D eigenvalue weighted by atomic mass is 10.2.